The van der Waals surface area contributed by atoms with Crippen LogP contribution in [0.4, 0.5) is 4.79 Å². The molecule has 90 valence electrons. The van der Waals surface area contributed by atoms with Crippen LogP contribution in [0.15, 0.2) is 0 Å². The van der Waals surface area contributed by atoms with Crippen LogP contribution in [0.5, 0.6) is 0 Å². The first-order valence-corrected chi connectivity index (χ1v) is 5.34. The normalized spacial score (nSPS) is 28.6. The Kier molecular flexibility index (Phi) is 5.65. The minimum Gasteiger partial charge on any atom is -0.553 e. The quantitative estimate of drug-likeness (QED) is 0.443. The van der Waals surface area contributed by atoms with Gasteiger partial charge >= 0.3 is 0 Å². The van der Waals surface area contributed by atoms with Gasteiger partial charge in [-0.2, -0.15) is 0 Å². The maximum absolute atomic E-state index is 9.03. The monoisotopic (exact) mass is 217 g/mol. The van der Waals surface area contributed by atoms with E-state index in [2.05, 4.69) is 32.7 Å². The number of carbonyl (C=O) groups excluding carboxylic acids is 1. The van der Waals surface area contributed by atoms with Gasteiger partial charge in [-0.05, 0) is 6.42 Å². The zero-order chi connectivity index (χ0) is 12.1. The fourth-order valence-corrected chi connectivity index (χ4v) is 2.60. The van der Waals surface area contributed by atoms with Crippen LogP contribution in [-0.2, 0) is 4.74 Å². The van der Waals surface area contributed by atoms with E-state index in [0.717, 1.165) is 18.9 Å². The van der Waals surface area contributed by atoms with Crippen molar-refractivity contribution in [2.75, 3.05) is 34.3 Å². The van der Waals surface area contributed by atoms with Crippen molar-refractivity contribution < 1.29 is 19.1 Å². The summed E-state index contributed by atoms with van der Waals surface area (Å²) < 4.78 is 4.78. The Bertz CT molecular complexity index is 192. The number of rotatable bonds is 0. The first-order valence-electron chi connectivity index (χ1n) is 5.34. The summed E-state index contributed by atoms with van der Waals surface area (Å²) >= 11 is 0. The van der Waals surface area contributed by atoms with Crippen LogP contribution in [0.3, 0.4) is 0 Å². The van der Waals surface area contributed by atoms with E-state index in [9.17, 15) is 0 Å². The van der Waals surface area contributed by atoms with Crippen LogP contribution in [0.2, 0.25) is 0 Å². The summed E-state index contributed by atoms with van der Waals surface area (Å²) in [5, 5.41) is 9.03. The summed E-state index contributed by atoms with van der Waals surface area (Å²) in [6.07, 6.45) is -0.0631. The minimum absolute atomic E-state index is 0.929. The molecule has 0 aliphatic carbocycles. The van der Waals surface area contributed by atoms with Gasteiger partial charge < -0.3 is 19.1 Å². The number of piperidine rings is 1. The Balaban J connectivity index is 0.000000336. The second-order valence-corrected chi connectivity index (χ2v) is 5.20. The molecule has 0 radical (unpaired) electrons. The molecule has 1 rings (SSSR count). The van der Waals surface area contributed by atoms with Crippen molar-refractivity contribution in [3.05, 3.63) is 0 Å². The Morgan fingerprint density at radius 3 is 1.80 bits per heavy atom. The summed E-state index contributed by atoms with van der Waals surface area (Å²) in [7, 11) is 5.72. The number of ether oxygens (including phenoxy) is 1. The van der Waals surface area contributed by atoms with Crippen molar-refractivity contribution in [1.29, 1.82) is 0 Å². The SMILES string of the molecule is CC1CC(C)C[N+](C)(C)C1.COC(=O)[O-]. The number of hydrogen-bond acceptors (Lipinski definition) is 3. The highest BCUT2D eigenvalue weighted by molar-refractivity contribution is 5.53. The van der Waals surface area contributed by atoms with Gasteiger partial charge in [0.2, 0.25) is 0 Å². The predicted octanol–water partition coefficient (Wildman–Crippen LogP) is 0.715. The molecule has 0 aromatic rings. The number of hydrogen-bond donors (Lipinski definition) is 0. The highest BCUT2D eigenvalue weighted by Gasteiger charge is 2.28. The highest BCUT2D eigenvalue weighted by atomic mass is 16.6. The topological polar surface area (TPSA) is 49.4 Å². The molecule has 0 N–H and O–H groups in total. The van der Waals surface area contributed by atoms with Crippen molar-refractivity contribution in [2.24, 2.45) is 11.8 Å². The van der Waals surface area contributed by atoms with Crippen molar-refractivity contribution in [3.63, 3.8) is 0 Å². The molecule has 2 atom stereocenters. The largest absolute Gasteiger partial charge is 0.553 e. The van der Waals surface area contributed by atoms with Crippen LogP contribution >= 0.6 is 0 Å². The van der Waals surface area contributed by atoms with Gasteiger partial charge in [-0.3, -0.25) is 0 Å². The second-order valence-electron chi connectivity index (χ2n) is 5.20. The first-order chi connectivity index (χ1) is 6.76. The Labute approximate surface area is 92.4 Å². The number of methoxy groups -OCH3 is 1. The van der Waals surface area contributed by atoms with Gasteiger partial charge in [0.1, 0.15) is 0 Å². The Morgan fingerprint density at radius 1 is 1.27 bits per heavy atom. The maximum atomic E-state index is 9.03. The summed E-state index contributed by atoms with van der Waals surface area (Å²) in [5.41, 5.74) is 0. The van der Waals surface area contributed by atoms with E-state index in [1.807, 2.05) is 0 Å². The Hall–Kier alpha value is -0.770. The molecule has 0 amide bonds. The maximum Gasteiger partial charge on any atom is 0.251 e. The van der Waals surface area contributed by atoms with Crippen LogP contribution < -0.4 is 5.11 Å². The van der Waals surface area contributed by atoms with Gasteiger partial charge in [-0.15, -0.1) is 0 Å². The molecule has 1 fully saturated rings. The van der Waals surface area contributed by atoms with E-state index in [1.165, 1.54) is 24.0 Å². The summed E-state index contributed by atoms with van der Waals surface area (Å²) in [6.45, 7) is 7.47. The van der Waals surface area contributed by atoms with Gasteiger partial charge in [0.25, 0.3) is 6.16 Å². The van der Waals surface area contributed by atoms with Gasteiger partial charge in [0.15, 0.2) is 0 Å². The van der Waals surface area contributed by atoms with E-state index < -0.39 is 6.16 Å². The second kappa shape index (κ2) is 5.95. The summed E-state index contributed by atoms with van der Waals surface area (Å²) in [4.78, 5) is 9.03. The predicted molar refractivity (Wildman–Crippen MR) is 57.2 cm³/mol. The molecule has 0 saturated carbocycles. The van der Waals surface area contributed by atoms with E-state index in [1.54, 1.807) is 0 Å². The van der Waals surface area contributed by atoms with E-state index in [4.69, 9.17) is 9.90 Å². The van der Waals surface area contributed by atoms with Gasteiger partial charge in [-0.1, -0.05) is 13.8 Å². The van der Waals surface area contributed by atoms with Crippen molar-refractivity contribution >= 4 is 6.16 Å². The van der Waals surface area contributed by atoms with E-state index in [-0.39, 0.29) is 0 Å². The first kappa shape index (κ1) is 14.2. The molecule has 0 aromatic carbocycles. The molecular formula is C11H23NO3. The number of carboxylic acid groups (broad SMARTS) is 1. The lowest BCUT2D eigenvalue weighted by molar-refractivity contribution is -0.902. The average molecular weight is 217 g/mol. The molecule has 1 saturated heterocycles. The van der Waals surface area contributed by atoms with Crippen LogP contribution in [0.1, 0.15) is 20.3 Å². The molecule has 1 aliphatic rings. The fourth-order valence-electron chi connectivity index (χ4n) is 2.60. The summed E-state index contributed by atoms with van der Waals surface area (Å²) in [6, 6.07) is 0. The smallest absolute Gasteiger partial charge is 0.251 e. The van der Waals surface area contributed by atoms with Gasteiger partial charge in [-0.25, -0.2) is 0 Å². The van der Waals surface area contributed by atoms with Gasteiger partial charge in [0.05, 0.1) is 27.2 Å². The van der Waals surface area contributed by atoms with Gasteiger partial charge in [0, 0.05) is 18.9 Å². The molecule has 0 bridgehead atoms. The Morgan fingerprint density at radius 2 is 1.60 bits per heavy atom. The van der Waals surface area contributed by atoms with Crippen molar-refractivity contribution in [2.45, 2.75) is 20.3 Å². The molecule has 4 nitrogen and oxygen atoms in total. The van der Waals surface area contributed by atoms with Crippen molar-refractivity contribution in [3.8, 4) is 0 Å². The third-order valence-corrected chi connectivity index (χ3v) is 2.58. The zero-order valence-corrected chi connectivity index (χ0v) is 10.4. The number of quaternary nitrogens is 1. The third-order valence-electron chi connectivity index (χ3n) is 2.58. The van der Waals surface area contributed by atoms with Crippen LogP contribution in [0, 0.1) is 11.8 Å². The lowest BCUT2D eigenvalue weighted by Gasteiger charge is -2.40. The average Bonchev–Trinajstić information content (AvgIpc) is 2.00. The standard InChI is InChI=1S/C9H20N.C2H4O3/c1-8-5-9(2)7-10(3,4)6-8;1-5-2(3)4/h8-9H,5-7H2,1-4H3;1H3,(H,3,4)/q+1;/p-1. The molecule has 2 unspecified atom stereocenters. The zero-order valence-electron chi connectivity index (χ0n) is 10.4. The number of nitrogens with zero attached hydrogens (tertiary/aromatic N) is 1. The number of likely N-dealkylation sites (tertiary alicyclic amines) is 1. The van der Waals surface area contributed by atoms with Crippen LogP contribution in [0.25, 0.3) is 0 Å². The van der Waals surface area contributed by atoms with E-state index in [0.29, 0.717) is 0 Å². The minimum atomic E-state index is -1.50. The lowest BCUT2D eigenvalue weighted by atomic mass is 9.91. The highest BCUT2D eigenvalue weighted by Crippen LogP contribution is 2.23. The van der Waals surface area contributed by atoms with Crippen molar-refractivity contribution in [1.82, 2.24) is 0 Å². The summed E-state index contributed by atoms with van der Waals surface area (Å²) in [5.74, 6) is 1.86. The lowest BCUT2D eigenvalue weighted by Crippen LogP contribution is -2.49. The molecule has 4 heteroatoms. The van der Waals surface area contributed by atoms with E-state index >= 15 is 0 Å². The molecule has 0 spiro atoms. The number of carbonyl (C=O) groups is 1. The molecule has 0 aromatic heterocycles. The van der Waals surface area contributed by atoms with Crippen LogP contribution in [-0.4, -0.2) is 44.9 Å². The molecular weight excluding hydrogens is 194 g/mol. The molecule has 1 aliphatic heterocycles. The fraction of sp³-hybridized carbons (Fsp3) is 0.909. The molecule has 15 heavy (non-hydrogen) atoms. The molecule has 1 heterocycles. The third kappa shape index (κ3) is 7.19.